The summed E-state index contributed by atoms with van der Waals surface area (Å²) >= 11 is 0. The summed E-state index contributed by atoms with van der Waals surface area (Å²) in [7, 11) is 0. The molecule has 0 aliphatic carbocycles. The van der Waals surface area contributed by atoms with Gasteiger partial charge in [0.1, 0.15) is 11.3 Å². The van der Waals surface area contributed by atoms with E-state index in [4.69, 9.17) is 0 Å². The van der Waals surface area contributed by atoms with Crippen LogP contribution in [0.25, 0.3) is 11.0 Å². The smallest absolute Gasteiger partial charge is 0.337 e. The Hall–Kier alpha value is -1.92. The van der Waals surface area contributed by atoms with Gasteiger partial charge in [-0.1, -0.05) is 19.9 Å². The van der Waals surface area contributed by atoms with Crippen LogP contribution in [0.5, 0.6) is 0 Å². The first-order chi connectivity index (χ1) is 9.51. The van der Waals surface area contributed by atoms with E-state index >= 15 is 0 Å². The molecule has 0 spiro atoms. The molecule has 0 aliphatic heterocycles. The number of aromatic carboxylic acids is 1. The molecule has 108 valence electrons. The summed E-state index contributed by atoms with van der Waals surface area (Å²) in [5.74, 6) is -0.341. The first-order valence-electron chi connectivity index (χ1n) is 6.47. The third-order valence-corrected chi connectivity index (χ3v) is 3.28. The summed E-state index contributed by atoms with van der Waals surface area (Å²) in [5.41, 5.74) is 1.12. The van der Waals surface area contributed by atoms with E-state index < -0.39 is 12.0 Å². The van der Waals surface area contributed by atoms with E-state index in [0.717, 1.165) is 0 Å². The quantitative estimate of drug-likeness (QED) is 0.768. The molecule has 0 fully saturated rings. The van der Waals surface area contributed by atoms with E-state index in [1.807, 2.05) is 13.8 Å². The van der Waals surface area contributed by atoms with E-state index in [2.05, 4.69) is 4.98 Å². The summed E-state index contributed by atoms with van der Waals surface area (Å²) in [5, 5.41) is 28.1. The monoisotopic (exact) mass is 278 g/mol. The Kier molecular flexibility index (Phi) is 4.06. The average molecular weight is 278 g/mol. The van der Waals surface area contributed by atoms with Crippen LogP contribution in [-0.2, 0) is 0 Å². The first kappa shape index (κ1) is 14.5. The number of para-hydroxylation sites is 1. The van der Waals surface area contributed by atoms with Gasteiger partial charge in [-0.15, -0.1) is 0 Å². The van der Waals surface area contributed by atoms with Gasteiger partial charge in [-0.25, -0.2) is 9.78 Å². The number of carboxylic acid groups (broad SMARTS) is 1. The molecule has 1 aromatic carbocycles. The lowest BCUT2D eigenvalue weighted by atomic mass is 10.1. The number of aromatic nitrogens is 2. The molecule has 20 heavy (non-hydrogen) atoms. The number of nitrogens with zero attached hydrogens (tertiary/aromatic N) is 2. The third kappa shape index (κ3) is 2.28. The number of hydrogen-bond donors (Lipinski definition) is 3. The second-order valence-electron chi connectivity index (χ2n) is 4.99. The van der Waals surface area contributed by atoms with E-state index in [1.54, 1.807) is 16.7 Å². The van der Waals surface area contributed by atoms with Crippen LogP contribution in [0, 0.1) is 0 Å². The molecule has 0 radical (unpaired) electrons. The Bertz CT molecular complexity index is 629. The van der Waals surface area contributed by atoms with Crippen molar-refractivity contribution in [3.8, 4) is 0 Å². The summed E-state index contributed by atoms with van der Waals surface area (Å²) in [6.07, 6.45) is 0. The van der Waals surface area contributed by atoms with Gasteiger partial charge in [0.15, 0.2) is 0 Å². The molecule has 0 saturated carbocycles. The maximum Gasteiger partial charge on any atom is 0.337 e. The molecule has 1 heterocycles. The number of imidazole rings is 1. The number of fused-ring (bicyclic) bond motifs is 1. The summed E-state index contributed by atoms with van der Waals surface area (Å²) in [4.78, 5) is 15.7. The second-order valence-corrected chi connectivity index (χ2v) is 4.99. The van der Waals surface area contributed by atoms with Crippen LogP contribution < -0.4 is 0 Å². The van der Waals surface area contributed by atoms with Crippen molar-refractivity contribution < 1.29 is 20.1 Å². The van der Waals surface area contributed by atoms with Crippen molar-refractivity contribution in [1.29, 1.82) is 0 Å². The van der Waals surface area contributed by atoms with Crippen LogP contribution in [0.2, 0.25) is 0 Å². The van der Waals surface area contributed by atoms with E-state index in [1.165, 1.54) is 6.07 Å². The number of hydrogen-bond acceptors (Lipinski definition) is 4. The van der Waals surface area contributed by atoms with Crippen molar-refractivity contribution in [3.63, 3.8) is 0 Å². The van der Waals surface area contributed by atoms with Crippen molar-refractivity contribution in [1.82, 2.24) is 9.55 Å². The van der Waals surface area contributed by atoms with E-state index in [-0.39, 0.29) is 24.7 Å². The lowest BCUT2D eigenvalue weighted by Crippen LogP contribution is -2.20. The van der Waals surface area contributed by atoms with Crippen molar-refractivity contribution in [2.24, 2.45) is 0 Å². The van der Waals surface area contributed by atoms with Crippen LogP contribution in [0.15, 0.2) is 18.2 Å². The average Bonchev–Trinajstić information content (AvgIpc) is 2.80. The summed E-state index contributed by atoms with van der Waals surface area (Å²) in [6, 6.07) is 4.36. The van der Waals surface area contributed by atoms with Crippen LogP contribution in [0.3, 0.4) is 0 Å². The van der Waals surface area contributed by atoms with Crippen LogP contribution in [0.1, 0.15) is 42.0 Å². The molecule has 3 N–H and O–H groups in total. The standard InChI is InChI=1S/C14H18N2O4/c1-8(2)13-15-12-10(14(19)20)4-3-5-11(12)16(13)9(6-17)7-18/h3-5,8-9,17-18H,6-7H2,1-2H3,(H,19,20). The zero-order chi connectivity index (χ0) is 14.9. The van der Waals surface area contributed by atoms with Gasteiger partial charge in [-0.3, -0.25) is 0 Å². The van der Waals surface area contributed by atoms with Gasteiger partial charge in [-0.2, -0.15) is 0 Å². The zero-order valence-electron chi connectivity index (χ0n) is 11.4. The molecule has 0 unspecified atom stereocenters. The highest BCUT2D eigenvalue weighted by Crippen LogP contribution is 2.27. The first-order valence-corrected chi connectivity index (χ1v) is 6.47. The van der Waals surface area contributed by atoms with Crippen molar-refractivity contribution >= 4 is 17.0 Å². The maximum atomic E-state index is 11.3. The van der Waals surface area contributed by atoms with Crippen LogP contribution >= 0.6 is 0 Å². The van der Waals surface area contributed by atoms with Crippen LogP contribution in [0.4, 0.5) is 0 Å². The number of carboxylic acids is 1. The van der Waals surface area contributed by atoms with Gasteiger partial charge in [0.25, 0.3) is 0 Å². The van der Waals surface area contributed by atoms with E-state index in [0.29, 0.717) is 16.9 Å². The number of rotatable bonds is 5. The number of aliphatic hydroxyl groups excluding tert-OH is 2. The fourth-order valence-electron chi connectivity index (χ4n) is 2.32. The Labute approximate surface area is 116 Å². The molecule has 6 heteroatoms. The minimum Gasteiger partial charge on any atom is -0.478 e. The number of aliphatic hydroxyl groups is 2. The fourth-order valence-corrected chi connectivity index (χ4v) is 2.32. The van der Waals surface area contributed by atoms with Crippen molar-refractivity contribution in [2.45, 2.75) is 25.8 Å². The Morgan fingerprint density at radius 2 is 1.95 bits per heavy atom. The number of carbonyl (C=O) groups is 1. The Balaban J connectivity index is 2.79. The lowest BCUT2D eigenvalue weighted by Gasteiger charge is -2.18. The Morgan fingerprint density at radius 1 is 1.30 bits per heavy atom. The molecule has 2 aromatic rings. The van der Waals surface area contributed by atoms with Gasteiger partial charge < -0.3 is 19.9 Å². The van der Waals surface area contributed by atoms with Gasteiger partial charge in [0, 0.05) is 5.92 Å². The van der Waals surface area contributed by atoms with Crippen molar-refractivity contribution in [2.75, 3.05) is 13.2 Å². The molecule has 1 aromatic heterocycles. The second kappa shape index (κ2) is 5.60. The third-order valence-electron chi connectivity index (χ3n) is 3.28. The molecule has 0 atom stereocenters. The molecule has 2 rings (SSSR count). The highest BCUT2D eigenvalue weighted by atomic mass is 16.4. The molecule has 0 bridgehead atoms. The van der Waals surface area contributed by atoms with Crippen LogP contribution in [-0.4, -0.2) is 44.1 Å². The molecular weight excluding hydrogens is 260 g/mol. The topological polar surface area (TPSA) is 95.6 Å². The minimum absolute atomic E-state index is 0.0460. The van der Waals surface area contributed by atoms with Gasteiger partial charge >= 0.3 is 5.97 Å². The largest absolute Gasteiger partial charge is 0.478 e. The highest BCUT2D eigenvalue weighted by molar-refractivity contribution is 6.01. The number of benzene rings is 1. The Morgan fingerprint density at radius 3 is 2.45 bits per heavy atom. The highest BCUT2D eigenvalue weighted by Gasteiger charge is 2.22. The van der Waals surface area contributed by atoms with E-state index in [9.17, 15) is 20.1 Å². The molecule has 0 amide bonds. The molecular formula is C14H18N2O4. The summed E-state index contributed by atoms with van der Waals surface area (Å²) < 4.78 is 1.73. The molecule has 6 nitrogen and oxygen atoms in total. The van der Waals surface area contributed by atoms with Gasteiger partial charge in [0.2, 0.25) is 0 Å². The predicted octanol–water partition coefficient (Wildman–Crippen LogP) is 1.38. The SMILES string of the molecule is CC(C)c1nc2c(C(=O)O)cccc2n1C(CO)CO. The fraction of sp³-hybridized carbons (Fsp3) is 0.429. The van der Waals surface area contributed by atoms with Gasteiger partial charge in [-0.05, 0) is 12.1 Å². The normalized spacial score (nSPS) is 11.7. The minimum atomic E-state index is -1.04. The lowest BCUT2D eigenvalue weighted by molar-refractivity contribution is 0.0699. The van der Waals surface area contributed by atoms with Crippen molar-refractivity contribution in [3.05, 3.63) is 29.6 Å². The maximum absolute atomic E-state index is 11.3. The summed E-state index contributed by atoms with van der Waals surface area (Å²) in [6.45, 7) is 3.39. The molecule has 0 aliphatic rings. The zero-order valence-corrected chi connectivity index (χ0v) is 11.4. The predicted molar refractivity (Wildman–Crippen MR) is 74.0 cm³/mol. The molecule has 0 saturated heterocycles. The van der Waals surface area contributed by atoms with Gasteiger partial charge in [0.05, 0.1) is 30.3 Å².